The van der Waals surface area contributed by atoms with Gasteiger partial charge >= 0.3 is 0 Å². The van der Waals surface area contributed by atoms with Crippen molar-refractivity contribution in [2.45, 2.75) is 57.6 Å². The predicted octanol–water partition coefficient (Wildman–Crippen LogP) is 3.38. The molecule has 1 aromatic rings. The average molecular weight is 247 g/mol. The fraction of sp³-hybridized carbons (Fsp3) is 0.625. The van der Waals surface area contributed by atoms with Crippen LogP contribution < -0.4 is 5.32 Å². The number of hydrogen-bond acceptors (Lipinski definition) is 2. The third kappa shape index (κ3) is 2.93. The van der Waals surface area contributed by atoms with E-state index in [2.05, 4.69) is 36.5 Å². The van der Waals surface area contributed by atoms with Crippen molar-refractivity contribution in [1.82, 2.24) is 5.32 Å². The minimum absolute atomic E-state index is 0.399. The second-order valence-corrected chi connectivity index (χ2v) is 5.89. The second-order valence-electron chi connectivity index (χ2n) is 5.89. The molecule has 2 rings (SSSR count). The Morgan fingerprint density at radius 1 is 1.28 bits per heavy atom. The third-order valence-electron chi connectivity index (χ3n) is 4.28. The average Bonchev–Trinajstić information content (AvgIpc) is 2.38. The maximum Gasteiger partial charge on any atom is 0.0741 e. The van der Waals surface area contributed by atoms with Gasteiger partial charge in [0.25, 0.3) is 0 Å². The van der Waals surface area contributed by atoms with Crippen LogP contribution in [0.3, 0.4) is 0 Å². The Labute approximate surface area is 110 Å². The van der Waals surface area contributed by atoms with Gasteiger partial charge in [0.05, 0.1) is 5.60 Å². The van der Waals surface area contributed by atoms with Gasteiger partial charge in [-0.25, -0.2) is 0 Å². The third-order valence-corrected chi connectivity index (χ3v) is 4.28. The molecule has 0 aliphatic heterocycles. The van der Waals surface area contributed by atoms with Gasteiger partial charge in [0.15, 0.2) is 0 Å². The molecule has 1 aromatic carbocycles. The van der Waals surface area contributed by atoms with E-state index in [-0.39, 0.29) is 0 Å². The summed E-state index contributed by atoms with van der Waals surface area (Å²) in [6.07, 6.45) is 3.17. The Morgan fingerprint density at radius 3 is 2.61 bits per heavy atom. The molecule has 18 heavy (non-hydrogen) atoms. The van der Waals surface area contributed by atoms with Gasteiger partial charge in [0.1, 0.15) is 0 Å². The molecule has 2 N–H and O–H groups in total. The number of hydrogen-bond donors (Lipinski definition) is 2. The lowest BCUT2D eigenvalue weighted by Crippen LogP contribution is -2.39. The Hall–Kier alpha value is -0.860. The van der Waals surface area contributed by atoms with Crippen molar-refractivity contribution in [3.8, 4) is 0 Å². The first-order chi connectivity index (χ1) is 8.53. The molecule has 0 radical (unpaired) electrons. The number of fused-ring (bicyclic) bond motifs is 1. The molecule has 3 unspecified atom stereocenters. The van der Waals surface area contributed by atoms with Gasteiger partial charge < -0.3 is 10.4 Å². The van der Waals surface area contributed by atoms with Crippen LogP contribution >= 0.6 is 0 Å². The lowest BCUT2D eigenvalue weighted by Gasteiger charge is -2.33. The molecule has 1 aliphatic carbocycles. The molecular formula is C16H25NO. The van der Waals surface area contributed by atoms with Crippen LogP contribution in [-0.2, 0) is 0 Å². The standard InChI is InChI=1S/C16H25NO/c1-4-16(3,18)11-17-15-10-9-12(2)13-7-5-6-8-14(13)15/h5-8,12,15,17-18H,4,9-11H2,1-3H3. The molecular weight excluding hydrogens is 222 g/mol. The molecule has 0 spiro atoms. The van der Waals surface area contributed by atoms with Gasteiger partial charge in [-0.05, 0) is 43.2 Å². The highest BCUT2D eigenvalue weighted by atomic mass is 16.3. The molecule has 100 valence electrons. The highest BCUT2D eigenvalue weighted by molar-refractivity contribution is 5.34. The topological polar surface area (TPSA) is 32.3 Å². The molecule has 1 aliphatic rings. The van der Waals surface area contributed by atoms with Crippen molar-refractivity contribution in [2.75, 3.05) is 6.54 Å². The number of aliphatic hydroxyl groups is 1. The van der Waals surface area contributed by atoms with E-state index in [0.29, 0.717) is 18.5 Å². The van der Waals surface area contributed by atoms with Crippen LogP contribution in [0.5, 0.6) is 0 Å². The van der Waals surface area contributed by atoms with Crippen LogP contribution in [0.1, 0.15) is 63.1 Å². The summed E-state index contributed by atoms with van der Waals surface area (Å²) in [4.78, 5) is 0. The summed E-state index contributed by atoms with van der Waals surface area (Å²) in [5.74, 6) is 0.658. The van der Waals surface area contributed by atoms with Gasteiger partial charge in [-0.1, -0.05) is 38.1 Å². The van der Waals surface area contributed by atoms with Crippen LogP contribution in [0, 0.1) is 0 Å². The summed E-state index contributed by atoms with van der Waals surface area (Å²) in [5, 5.41) is 13.6. The first-order valence-electron chi connectivity index (χ1n) is 7.08. The minimum Gasteiger partial charge on any atom is -0.389 e. The van der Waals surface area contributed by atoms with Crippen LogP contribution in [0.25, 0.3) is 0 Å². The van der Waals surface area contributed by atoms with E-state index < -0.39 is 5.60 Å². The maximum atomic E-state index is 10.1. The van der Waals surface area contributed by atoms with Crippen molar-refractivity contribution < 1.29 is 5.11 Å². The zero-order valence-corrected chi connectivity index (χ0v) is 11.7. The van der Waals surface area contributed by atoms with E-state index in [9.17, 15) is 5.11 Å². The fourth-order valence-electron chi connectivity index (χ4n) is 2.68. The van der Waals surface area contributed by atoms with Crippen LogP contribution in [0.4, 0.5) is 0 Å². The summed E-state index contributed by atoms with van der Waals surface area (Å²) in [7, 11) is 0. The van der Waals surface area contributed by atoms with Gasteiger partial charge in [0, 0.05) is 12.6 Å². The normalized spacial score (nSPS) is 26.4. The summed E-state index contributed by atoms with van der Waals surface area (Å²) < 4.78 is 0. The lowest BCUT2D eigenvalue weighted by atomic mass is 9.81. The van der Waals surface area contributed by atoms with E-state index in [1.165, 1.54) is 17.5 Å². The monoisotopic (exact) mass is 247 g/mol. The first-order valence-corrected chi connectivity index (χ1v) is 7.08. The number of benzene rings is 1. The van der Waals surface area contributed by atoms with E-state index in [1.807, 2.05) is 13.8 Å². The van der Waals surface area contributed by atoms with Gasteiger partial charge in [-0.2, -0.15) is 0 Å². The quantitative estimate of drug-likeness (QED) is 0.855. The van der Waals surface area contributed by atoms with Gasteiger partial charge in [0.2, 0.25) is 0 Å². The zero-order chi connectivity index (χ0) is 13.2. The Balaban J connectivity index is 2.10. The molecule has 0 fully saturated rings. The van der Waals surface area contributed by atoms with Gasteiger partial charge in [-0.15, -0.1) is 0 Å². The second kappa shape index (κ2) is 5.41. The number of nitrogens with one attached hydrogen (secondary N) is 1. The first kappa shape index (κ1) is 13.6. The van der Waals surface area contributed by atoms with E-state index in [4.69, 9.17) is 0 Å². The molecule has 0 saturated heterocycles. The Bertz CT molecular complexity index is 400. The molecule has 2 heteroatoms. The van der Waals surface area contributed by atoms with Gasteiger partial charge in [-0.3, -0.25) is 0 Å². The highest BCUT2D eigenvalue weighted by Gasteiger charge is 2.26. The van der Waals surface area contributed by atoms with Crippen LogP contribution in [0.2, 0.25) is 0 Å². The minimum atomic E-state index is -0.599. The van der Waals surface area contributed by atoms with Crippen molar-refractivity contribution in [3.63, 3.8) is 0 Å². The summed E-state index contributed by atoms with van der Waals surface area (Å²) >= 11 is 0. The van der Waals surface area contributed by atoms with Crippen molar-refractivity contribution in [3.05, 3.63) is 35.4 Å². The van der Waals surface area contributed by atoms with Crippen LogP contribution in [-0.4, -0.2) is 17.3 Å². The van der Waals surface area contributed by atoms with E-state index >= 15 is 0 Å². The van der Waals surface area contributed by atoms with E-state index in [0.717, 1.165) is 12.8 Å². The van der Waals surface area contributed by atoms with Crippen molar-refractivity contribution in [1.29, 1.82) is 0 Å². The summed E-state index contributed by atoms with van der Waals surface area (Å²) in [5.41, 5.74) is 2.29. The molecule has 2 nitrogen and oxygen atoms in total. The molecule has 0 saturated carbocycles. The summed E-state index contributed by atoms with van der Waals surface area (Å²) in [6.45, 7) is 6.89. The highest BCUT2D eigenvalue weighted by Crippen LogP contribution is 2.37. The van der Waals surface area contributed by atoms with Crippen molar-refractivity contribution >= 4 is 0 Å². The number of rotatable bonds is 4. The molecule has 0 amide bonds. The predicted molar refractivity (Wildman–Crippen MR) is 75.7 cm³/mol. The van der Waals surface area contributed by atoms with Crippen LogP contribution in [0.15, 0.2) is 24.3 Å². The lowest BCUT2D eigenvalue weighted by molar-refractivity contribution is 0.0520. The Kier molecular flexibility index (Phi) is 4.08. The molecule has 0 bridgehead atoms. The zero-order valence-electron chi connectivity index (χ0n) is 11.7. The van der Waals surface area contributed by atoms with Crippen molar-refractivity contribution in [2.24, 2.45) is 0 Å². The molecule has 0 heterocycles. The smallest absolute Gasteiger partial charge is 0.0741 e. The maximum absolute atomic E-state index is 10.1. The fourth-order valence-corrected chi connectivity index (χ4v) is 2.68. The SMILES string of the molecule is CCC(C)(O)CNC1CCC(C)c2ccccc21. The Morgan fingerprint density at radius 2 is 1.94 bits per heavy atom. The largest absolute Gasteiger partial charge is 0.389 e. The summed E-state index contributed by atoms with van der Waals surface area (Å²) in [6, 6.07) is 9.11. The molecule has 0 aromatic heterocycles. The van der Waals surface area contributed by atoms with E-state index in [1.54, 1.807) is 0 Å². The molecule has 3 atom stereocenters.